The van der Waals surface area contributed by atoms with Crippen LogP contribution in [0.2, 0.25) is 0 Å². The Morgan fingerprint density at radius 1 is 1.35 bits per heavy atom. The Morgan fingerprint density at radius 3 is 2.76 bits per heavy atom. The summed E-state index contributed by atoms with van der Waals surface area (Å²) in [4.78, 5) is 4.52. The number of hydrogen-bond acceptors (Lipinski definition) is 4. The Bertz CT molecular complexity index is 367. The maximum Gasteiger partial charge on any atom is 0.229 e. The molecule has 1 aliphatic rings. The lowest BCUT2D eigenvalue weighted by molar-refractivity contribution is 0.295. The topological polar surface area (TPSA) is 64.9 Å². The van der Waals surface area contributed by atoms with E-state index >= 15 is 0 Å². The van der Waals surface area contributed by atoms with Gasteiger partial charge in [-0.25, -0.2) is 0 Å². The lowest BCUT2D eigenvalue weighted by atomic mass is 9.86. The third-order valence-electron chi connectivity index (χ3n) is 3.24. The Balaban J connectivity index is 2.02. The van der Waals surface area contributed by atoms with Gasteiger partial charge in [-0.2, -0.15) is 4.98 Å². The van der Waals surface area contributed by atoms with E-state index in [1.54, 1.807) is 0 Å². The third-order valence-corrected chi connectivity index (χ3v) is 3.24. The Hall–Kier alpha value is -0.900. The molecule has 0 spiro atoms. The average molecular weight is 237 g/mol. The molecule has 0 bridgehead atoms. The van der Waals surface area contributed by atoms with Gasteiger partial charge in [-0.05, 0) is 24.7 Å². The van der Waals surface area contributed by atoms with Crippen molar-refractivity contribution in [3.05, 3.63) is 11.7 Å². The van der Waals surface area contributed by atoms with Crippen molar-refractivity contribution in [2.75, 3.05) is 0 Å². The highest BCUT2D eigenvalue weighted by Crippen LogP contribution is 2.31. The molecule has 4 heteroatoms. The highest BCUT2D eigenvalue weighted by Gasteiger charge is 2.26. The lowest BCUT2D eigenvalue weighted by Gasteiger charge is -2.23. The van der Waals surface area contributed by atoms with Gasteiger partial charge < -0.3 is 10.3 Å². The van der Waals surface area contributed by atoms with Crippen molar-refractivity contribution in [2.45, 2.75) is 64.8 Å². The Morgan fingerprint density at radius 2 is 2.12 bits per heavy atom. The van der Waals surface area contributed by atoms with E-state index in [0.29, 0.717) is 12.0 Å². The van der Waals surface area contributed by atoms with E-state index in [9.17, 15) is 0 Å². The molecule has 1 aromatic heterocycles. The third kappa shape index (κ3) is 3.53. The summed E-state index contributed by atoms with van der Waals surface area (Å²) in [5.41, 5.74) is 6.18. The highest BCUT2D eigenvalue weighted by molar-refractivity contribution is 4.98. The first kappa shape index (κ1) is 12.6. The molecule has 2 N–H and O–H groups in total. The predicted octanol–water partition coefficient (Wildman–Crippen LogP) is 2.64. The molecule has 1 saturated carbocycles. The molecule has 17 heavy (non-hydrogen) atoms. The predicted molar refractivity (Wildman–Crippen MR) is 66.6 cm³/mol. The zero-order chi connectivity index (χ0) is 12.5. The van der Waals surface area contributed by atoms with E-state index < -0.39 is 0 Å². The maximum atomic E-state index is 5.98. The number of rotatable bonds is 2. The minimum Gasteiger partial charge on any atom is -0.339 e. The van der Waals surface area contributed by atoms with Gasteiger partial charge >= 0.3 is 0 Å². The SMILES string of the molecule is CC(C)(C)Cc1noc(C2CCCC(N)C2)n1. The van der Waals surface area contributed by atoms with Gasteiger partial charge in [0.1, 0.15) is 0 Å². The summed E-state index contributed by atoms with van der Waals surface area (Å²) in [6, 6.07) is 0.298. The Kier molecular flexibility index (Phi) is 3.52. The minimum atomic E-state index is 0.199. The van der Waals surface area contributed by atoms with E-state index in [2.05, 4.69) is 30.9 Å². The summed E-state index contributed by atoms with van der Waals surface area (Å²) in [6.07, 6.45) is 5.26. The van der Waals surface area contributed by atoms with Crippen LogP contribution in [0, 0.1) is 5.41 Å². The van der Waals surface area contributed by atoms with E-state index in [0.717, 1.165) is 37.4 Å². The number of nitrogens with zero attached hydrogens (tertiary/aromatic N) is 2. The van der Waals surface area contributed by atoms with Crippen LogP contribution in [0.5, 0.6) is 0 Å². The van der Waals surface area contributed by atoms with Gasteiger partial charge in [0, 0.05) is 18.4 Å². The van der Waals surface area contributed by atoms with Gasteiger partial charge in [0.2, 0.25) is 5.89 Å². The van der Waals surface area contributed by atoms with Crippen molar-refractivity contribution in [2.24, 2.45) is 11.1 Å². The molecule has 0 amide bonds. The summed E-state index contributed by atoms with van der Waals surface area (Å²) in [5, 5.41) is 4.07. The van der Waals surface area contributed by atoms with E-state index in [-0.39, 0.29) is 5.41 Å². The fourth-order valence-electron chi connectivity index (χ4n) is 2.43. The van der Waals surface area contributed by atoms with E-state index in [4.69, 9.17) is 10.3 Å². The van der Waals surface area contributed by atoms with Crippen molar-refractivity contribution in [3.63, 3.8) is 0 Å². The van der Waals surface area contributed by atoms with E-state index in [1.165, 1.54) is 6.42 Å². The van der Waals surface area contributed by atoms with Gasteiger partial charge in [0.15, 0.2) is 5.82 Å². The first-order valence-electron chi connectivity index (χ1n) is 6.52. The molecular weight excluding hydrogens is 214 g/mol. The van der Waals surface area contributed by atoms with Crippen molar-refractivity contribution in [1.29, 1.82) is 0 Å². The van der Waals surface area contributed by atoms with Crippen LogP contribution >= 0.6 is 0 Å². The maximum absolute atomic E-state index is 5.98. The Labute approximate surface area is 103 Å². The summed E-state index contributed by atoms with van der Waals surface area (Å²) >= 11 is 0. The molecule has 2 unspecified atom stereocenters. The van der Waals surface area contributed by atoms with Crippen LogP contribution in [0.1, 0.15) is 64.1 Å². The van der Waals surface area contributed by atoms with Crippen LogP contribution in [0.15, 0.2) is 4.52 Å². The van der Waals surface area contributed by atoms with Crippen LogP contribution in [0.3, 0.4) is 0 Å². The highest BCUT2D eigenvalue weighted by atomic mass is 16.5. The molecule has 1 aromatic rings. The van der Waals surface area contributed by atoms with E-state index in [1.807, 2.05) is 0 Å². The normalized spacial score (nSPS) is 26.1. The van der Waals surface area contributed by atoms with Crippen molar-refractivity contribution in [3.8, 4) is 0 Å². The van der Waals surface area contributed by atoms with Gasteiger partial charge in [-0.3, -0.25) is 0 Å². The fourth-order valence-corrected chi connectivity index (χ4v) is 2.43. The molecular formula is C13H23N3O. The molecule has 0 radical (unpaired) electrons. The molecule has 1 heterocycles. The number of nitrogens with two attached hydrogens (primary N) is 1. The second-order valence-corrected chi connectivity index (χ2v) is 6.41. The average Bonchev–Trinajstić information content (AvgIpc) is 2.63. The summed E-state index contributed by atoms with van der Waals surface area (Å²) < 4.78 is 5.38. The summed E-state index contributed by atoms with van der Waals surface area (Å²) in [5.74, 6) is 1.99. The zero-order valence-electron chi connectivity index (χ0n) is 11.1. The van der Waals surface area contributed by atoms with Gasteiger partial charge in [-0.15, -0.1) is 0 Å². The van der Waals surface area contributed by atoms with Gasteiger partial charge in [-0.1, -0.05) is 32.3 Å². The largest absolute Gasteiger partial charge is 0.339 e. The smallest absolute Gasteiger partial charge is 0.229 e. The van der Waals surface area contributed by atoms with Crippen LogP contribution in [0.4, 0.5) is 0 Å². The zero-order valence-corrected chi connectivity index (χ0v) is 11.1. The molecule has 1 fully saturated rings. The lowest BCUT2D eigenvalue weighted by Crippen LogP contribution is -2.27. The molecule has 0 saturated heterocycles. The minimum absolute atomic E-state index is 0.199. The van der Waals surface area contributed by atoms with Crippen molar-refractivity contribution in [1.82, 2.24) is 10.1 Å². The molecule has 0 aromatic carbocycles. The van der Waals surface area contributed by atoms with Gasteiger partial charge in [0.05, 0.1) is 0 Å². The van der Waals surface area contributed by atoms with Crippen molar-refractivity contribution < 1.29 is 4.52 Å². The monoisotopic (exact) mass is 237 g/mol. The van der Waals surface area contributed by atoms with Crippen LogP contribution in [0.25, 0.3) is 0 Å². The second-order valence-electron chi connectivity index (χ2n) is 6.41. The standard InChI is InChI=1S/C13H23N3O/c1-13(2,3)8-11-15-12(17-16-11)9-5-4-6-10(14)7-9/h9-10H,4-8,14H2,1-3H3. The van der Waals surface area contributed by atoms with Crippen LogP contribution < -0.4 is 5.73 Å². The molecule has 2 rings (SSSR count). The fraction of sp³-hybridized carbons (Fsp3) is 0.846. The molecule has 4 nitrogen and oxygen atoms in total. The van der Waals surface area contributed by atoms with Gasteiger partial charge in [0.25, 0.3) is 0 Å². The van der Waals surface area contributed by atoms with Crippen molar-refractivity contribution >= 4 is 0 Å². The van der Waals surface area contributed by atoms with Crippen LogP contribution in [-0.4, -0.2) is 16.2 Å². The van der Waals surface area contributed by atoms with Crippen LogP contribution in [-0.2, 0) is 6.42 Å². The number of hydrogen-bond donors (Lipinski definition) is 1. The number of aromatic nitrogens is 2. The summed E-state index contributed by atoms with van der Waals surface area (Å²) in [7, 11) is 0. The molecule has 0 aliphatic heterocycles. The first-order valence-corrected chi connectivity index (χ1v) is 6.52. The summed E-state index contributed by atoms with van der Waals surface area (Å²) in [6.45, 7) is 6.54. The first-order chi connectivity index (χ1) is 7.94. The second kappa shape index (κ2) is 4.77. The molecule has 2 atom stereocenters. The molecule has 96 valence electrons. The quantitative estimate of drug-likeness (QED) is 0.858. The molecule has 1 aliphatic carbocycles.